The third kappa shape index (κ3) is 2.03. The van der Waals surface area contributed by atoms with Crippen molar-refractivity contribution in [1.29, 1.82) is 0 Å². The summed E-state index contributed by atoms with van der Waals surface area (Å²) < 4.78 is 14.3. The first kappa shape index (κ1) is 10.7. The number of hydrogen-bond acceptors (Lipinski definition) is 2. The van der Waals surface area contributed by atoms with E-state index >= 15 is 0 Å². The van der Waals surface area contributed by atoms with Crippen LogP contribution < -0.4 is 5.32 Å². The fraction of sp³-hybridized carbons (Fsp3) is 0.357. The van der Waals surface area contributed by atoms with Crippen LogP contribution in [0.2, 0.25) is 0 Å². The average molecular weight is 230 g/mol. The summed E-state index contributed by atoms with van der Waals surface area (Å²) in [6.07, 6.45) is 2.68. The minimum absolute atomic E-state index is 0.0436. The molecular weight excluding hydrogens is 215 g/mol. The topological polar surface area (TPSA) is 24.9 Å². The third-order valence-corrected chi connectivity index (χ3v) is 3.38. The molecule has 88 valence electrons. The molecule has 3 heteroatoms. The molecular formula is C14H15FN2. The van der Waals surface area contributed by atoms with E-state index in [1.54, 1.807) is 6.20 Å². The second-order valence-electron chi connectivity index (χ2n) is 4.57. The molecule has 17 heavy (non-hydrogen) atoms. The molecule has 1 aliphatic heterocycles. The zero-order valence-corrected chi connectivity index (χ0v) is 9.57. The molecule has 2 atom stereocenters. The Morgan fingerprint density at radius 2 is 2.24 bits per heavy atom. The van der Waals surface area contributed by atoms with Crippen molar-refractivity contribution in [3.05, 3.63) is 42.1 Å². The molecule has 0 amide bonds. The largest absolute Gasteiger partial charge is 0.311 e. The van der Waals surface area contributed by atoms with E-state index < -0.39 is 6.17 Å². The normalized spacial score (nSPS) is 21.8. The lowest BCUT2D eigenvalue weighted by Crippen LogP contribution is -2.26. The maximum absolute atomic E-state index is 14.3. The van der Waals surface area contributed by atoms with E-state index in [1.807, 2.05) is 30.3 Å². The molecule has 1 saturated heterocycles. The Hall–Kier alpha value is -1.48. The third-order valence-electron chi connectivity index (χ3n) is 3.38. The molecule has 1 fully saturated rings. The van der Waals surface area contributed by atoms with Crippen molar-refractivity contribution in [3.63, 3.8) is 0 Å². The van der Waals surface area contributed by atoms with Crippen LogP contribution in [-0.4, -0.2) is 17.6 Å². The number of benzene rings is 1. The van der Waals surface area contributed by atoms with Crippen LogP contribution in [0, 0.1) is 0 Å². The van der Waals surface area contributed by atoms with Gasteiger partial charge in [0.15, 0.2) is 0 Å². The number of rotatable bonds is 2. The summed E-state index contributed by atoms with van der Waals surface area (Å²) in [5.41, 5.74) is 1.60. The standard InChI is InChI=1S/C14H15FN2/c15-14(13-6-3-7-16-13)11-8-10-4-1-2-5-12(10)17-9-11/h1-2,4-5,8-9,13-14,16H,3,6-7H2. The first-order chi connectivity index (χ1) is 8.34. The smallest absolute Gasteiger partial charge is 0.142 e. The van der Waals surface area contributed by atoms with E-state index in [9.17, 15) is 4.39 Å². The number of pyridine rings is 1. The van der Waals surface area contributed by atoms with Gasteiger partial charge >= 0.3 is 0 Å². The summed E-state index contributed by atoms with van der Waals surface area (Å²) >= 11 is 0. The Kier molecular flexibility index (Phi) is 2.77. The summed E-state index contributed by atoms with van der Waals surface area (Å²) in [6, 6.07) is 9.68. The van der Waals surface area contributed by atoms with Crippen LogP contribution in [-0.2, 0) is 0 Å². The number of nitrogens with one attached hydrogen (secondary N) is 1. The van der Waals surface area contributed by atoms with Gasteiger partial charge < -0.3 is 5.32 Å². The van der Waals surface area contributed by atoms with Gasteiger partial charge in [0.25, 0.3) is 0 Å². The van der Waals surface area contributed by atoms with E-state index in [-0.39, 0.29) is 6.04 Å². The molecule has 1 aliphatic rings. The Balaban J connectivity index is 1.94. The Bertz CT molecular complexity index is 520. The monoisotopic (exact) mass is 230 g/mol. The van der Waals surface area contributed by atoms with Gasteiger partial charge in [0, 0.05) is 23.2 Å². The zero-order chi connectivity index (χ0) is 11.7. The SMILES string of the molecule is FC(c1cnc2ccccc2c1)C1CCCN1. The van der Waals surface area contributed by atoms with Crippen molar-refractivity contribution >= 4 is 10.9 Å². The predicted octanol–water partition coefficient (Wildman–Crippen LogP) is 3.00. The van der Waals surface area contributed by atoms with Crippen molar-refractivity contribution in [2.75, 3.05) is 6.54 Å². The lowest BCUT2D eigenvalue weighted by Gasteiger charge is -2.16. The van der Waals surface area contributed by atoms with Gasteiger partial charge in [-0.15, -0.1) is 0 Å². The molecule has 2 unspecified atom stereocenters. The van der Waals surface area contributed by atoms with Crippen LogP contribution in [0.4, 0.5) is 4.39 Å². The van der Waals surface area contributed by atoms with E-state index in [2.05, 4.69) is 10.3 Å². The molecule has 0 aliphatic carbocycles. The predicted molar refractivity (Wildman–Crippen MR) is 66.6 cm³/mol. The molecule has 0 bridgehead atoms. The quantitative estimate of drug-likeness (QED) is 0.857. The highest BCUT2D eigenvalue weighted by molar-refractivity contribution is 5.78. The van der Waals surface area contributed by atoms with Crippen molar-refractivity contribution in [2.24, 2.45) is 0 Å². The van der Waals surface area contributed by atoms with Gasteiger partial charge in [0.1, 0.15) is 6.17 Å². The summed E-state index contributed by atoms with van der Waals surface area (Å²) in [7, 11) is 0. The summed E-state index contributed by atoms with van der Waals surface area (Å²) in [5.74, 6) is 0. The number of nitrogens with zero attached hydrogens (tertiary/aromatic N) is 1. The highest BCUT2D eigenvalue weighted by atomic mass is 19.1. The molecule has 2 nitrogen and oxygen atoms in total. The molecule has 0 saturated carbocycles. The summed E-state index contributed by atoms with van der Waals surface area (Å²) in [4.78, 5) is 4.31. The number of alkyl halides is 1. The van der Waals surface area contributed by atoms with Crippen LogP contribution in [0.25, 0.3) is 10.9 Å². The number of hydrogen-bond donors (Lipinski definition) is 1. The highest BCUT2D eigenvalue weighted by Crippen LogP contribution is 2.27. The van der Waals surface area contributed by atoms with E-state index in [4.69, 9.17) is 0 Å². The number of halogens is 1. The molecule has 2 heterocycles. The van der Waals surface area contributed by atoms with E-state index in [1.165, 1.54) is 0 Å². The van der Waals surface area contributed by atoms with Crippen molar-refractivity contribution < 1.29 is 4.39 Å². The number of fused-ring (bicyclic) bond motifs is 1. The van der Waals surface area contributed by atoms with Crippen molar-refractivity contribution in [3.8, 4) is 0 Å². The molecule has 0 radical (unpaired) electrons. The second-order valence-corrected chi connectivity index (χ2v) is 4.57. The summed E-state index contributed by atoms with van der Waals surface area (Å²) in [6.45, 7) is 0.923. The average Bonchev–Trinajstić information content (AvgIpc) is 2.91. The maximum Gasteiger partial charge on any atom is 0.142 e. The fourth-order valence-electron chi connectivity index (χ4n) is 2.43. The van der Waals surface area contributed by atoms with E-state index in [0.717, 1.165) is 30.3 Å². The molecule has 1 aromatic heterocycles. The van der Waals surface area contributed by atoms with Gasteiger partial charge in [-0.2, -0.15) is 0 Å². The first-order valence-corrected chi connectivity index (χ1v) is 6.07. The zero-order valence-electron chi connectivity index (χ0n) is 9.57. The van der Waals surface area contributed by atoms with Crippen LogP contribution in [0.1, 0.15) is 24.6 Å². The molecule has 0 spiro atoms. The van der Waals surface area contributed by atoms with Gasteiger partial charge in [-0.05, 0) is 31.5 Å². The lowest BCUT2D eigenvalue weighted by molar-refractivity contribution is 0.271. The van der Waals surface area contributed by atoms with Crippen LogP contribution in [0.3, 0.4) is 0 Å². The van der Waals surface area contributed by atoms with Crippen LogP contribution >= 0.6 is 0 Å². The Morgan fingerprint density at radius 1 is 1.35 bits per heavy atom. The van der Waals surface area contributed by atoms with Crippen molar-refractivity contribution in [2.45, 2.75) is 25.1 Å². The number of para-hydroxylation sites is 1. The minimum atomic E-state index is -0.949. The summed E-state index contributed by atoms with van der Waals surface area (Å²) in [5, 5.41) is 4.21. The lowest BCUT2D eigenvalue weighted by atomic mass is 10.0. The van der Waals surface area contributed by atoms with Crippen molar-refractivity contribution in [1.82, 2.24) is 10.3 Å². The highest BCUT2D eigenvalue weighted by Gasteiger charge is 2.25. The van der Waals surface area contributed by atoms with Gasteiger partial charge in [-0.3, -0.25) is 4.98 Å². The van der Waals surface area contributed by atoms with Gasteiger partial charge in [0.05, 0.1) is 5.52 Å². The second kappa shape index (κ2) is 4.41. The Morgan fingerprint density at radius 3 is 3.06 bits per heavy atom. The fourth-order valence-corrected chi connectivity index (χ4v) is 2.43. The van der Waals surface area contributed by atoms with Gasteiger partial charge in [-0.1, -0.05) is 18.2 Å². The van der Waals surface area contributed by atoms with Gasteiger partial charge in [-0.25, -0.2) is 4.39 Å². The van der Waals surface area contributed by atoms with Crippen LogP contribution in [0.5, 0.6) is 0 Å². The van der Waals surface area contributed by atoms with E-state index in [0.29, 0.717) is 5.56 Å². The Labute approximate surface area is 99.9 Å². The minimum Gasteiger partial charge on any atom is -0.311 e. The molecule has 1 aromatic carbocycles. The molecule has 3 rings (SSSR count). The maximum atomic E-state index is 14.3. The van der Waals surface area contributed by atoms with Crippen LogP contribution in [0.15, 0.2) is 36.5 Å². The first-order valence-electron chi connectivity index (χ1n) is 6.07. The van der Waals surface area contributed by atoms with Gasteiger partial charge in [0.2, 0.25) is 0 Å². The molecule has 2 aromatic rings. The molecule has 1 N–H and O–H groups in total. The number of aromatic nitrogens is 1.